The van der Waals surface area contributed by atoms with Crippen molar-refractivity contribution in [2.75, 3.05) is 18.9 Å². The Morgan fingerprint density at radius 1 is 1.53 bits per heavy atom. The molecule has 4 nitrogen and oxygen atoms in total. The van der Waals surface area contributed by atoms with Crippen molar-refractivity contribution in [1.29, 1.82) is 0 Å². The molecule has 0 fully saturated rings. The number of hydrogen-bond acceptors (Lipinski definition) is 2. The van der Waals surface area contributed by atoms with Gasteiger partial charge in [0.1, 0.15) is 0 Å². The molecule has 1 aromatic carbocycles. The van der Waals surface area contributed by atoms with E-state index in [1.54, 1.807) is 11.9 Å². The van der Waals surface area contributed by atoms with E-state index in [1.165, 1.54) is 0 Å². The number of urea groups is 1. The summed E-state index contributed by atoms with van der Waals surface area (Å²) in [5.41, 5.74) is 7.30. The molecule has 0 unspecified atom stereocenters. The molecule has 0 aliphatic heterocycles. The van der Waals surface area contributed by atoms with E-state index in [0.717, 1.165) is 11.3 Å². The van der Waals surface area contributed by atoms with Gasteiger partial charge in [0.2, 0.25) is 0 Å². The minimum absolute atomic E-state index is 0.105. The van der Waals surface area contributed by atoms with Gasteiger partial charge in [-0.05, 0) is 24.6 Å². The number of carbonyl (C=O) groups is 1. The molecule has 1 aromatic rings. The zero-order chi connectivity index (χ0) is 11.3. The Labute approximate surface area is 90.1 Å². The molecule has 3 N–H and O–H groups in total. The normalized spacial score (nSPS) is 9.80. The van der Waals surface area contributed by atoms with Gasteiger partial charge in [0.15, 0.2) is 0 Å². The van der Waals surface area contributed by atoms with Gasteiger partial charge in [0, 0.05) is 25.8 Å². The standard InChI is InChI=1S/C11H17N3O/c1-3-14(2)11(15)13-10-6-4-5-9(7-10)8-12/h4-7H,3,8,12H2,1-2H3,(H,13,15). The monoisotopic (exact) mass is 207 g/mol. The Bertz CT molecular complexity index is 338. The Balaban J connectivity index is 2.68. The van der Waals surface area contributed by atoms with Crippen LogP contribution in [-0.4, -0.2) is 24.5 Å². The van der Waals surface area contributed by atoms with Crippen molar-refractivity contribution in [3.63, 3.8) is 0 Å². The summed E-state index contributed by atoms with van der Waals surface area (Å²) in [4.78, 5) is 13.1. The molecule has 82 valence electrons. The largest absolute Gasteiger partial charge is 0.328 e. The number of nitrogens with two attached hydrogens (primary N) is 1. The van der Waals surface area contributed by atoms with Crippen LogP contribution in [0, 0.1) is 0 Å². The van der Waals surface area contributed by atoms with Crippen LogP contribution in [0.15, 0.2) is 24.3 Å². The maximum absolute atomic E-state index is 11.5. The molecule has 0 aromatic heterocycles. The zero-order valence-electron chi connectivity index (χ0n) is 9.16. The van der Waals surface area contributed by atoms with Gasteiger partial charge in [0.25, 0.3) is 0 Å². The lowest BCUT2D eigenvalue weighted by atomic mass is 10.2. The fourth-order valence-electron chi connectivity index (χ4n) is 1.14. The third-order valence-electron chi connectivity index (χ3n) is 2.23. The molecular formula is C11H17N3O. The summed E-state index contributed by atoms with van der Waals surface area (Å²) in [5.74, 6) is 0. The number of benzene rings is 1. The SMILES string of the molecule is CCN(C)C(=O)Nc1cccc(CN)c1. The fraction of sp³-hybridized carbons (Fsp3) is 0.364. The fourth-order valence-corrected chi connectivity index (χ4v) is 1.14. The smallest absolute Gasteiger partial charge is 0.321 e. The van der Waals surface area contributed by atoms with Gasteiger partial charge in [-0.25, -0.2) is 4.79 Å². The van der Waals surface area contributed by atoms with Crippen LogP contribution in [0.1, 0.15) is 12.5 Å². The van der Waals surface area contributed by atoms with Crippen molar-refractivity contribution in [2.24, 2.45) is 5.73 Å². The number of nitrogens with zero attached hydrogens (tertiary/aromatic N) is 1. The Morgan fingerprint density at radius 3 is 2.87 bits per heavy atom. The second kappa shape index (κ2) is 5.36. The van der Waals surface area contributed by atoms with Crippen molar-refractivity contribution in [1.82, 2.24) is 4.90 Å². The molecule has 0 radical (unpaired) electrons. The average Bonchev–Trinajstić information content (AvgIpc) is 2.28. The lowest BCUT2D eigenvalue weighted by Gasteiger charge is -2.15. The van der Waals surface area contributed by atoms with Gasteiger partial charge in [-0.3, -0.25) is 0 Å². The Kier molecular flexibility index (Phi) is 4.12. The first kappa shape index (κ1) is 11.5. The predicted molar refractivity (Wildman–Crippen MR) is 61.7 cm³/mol. The van der Waals surface area contributed by atoms with Crippen molar-refractivity contribution in [3.8, 4) is 0 Å². The number of nitrogens with one attached hydrogen (secondary N) is 1. The van der Waals surface area contributed by atoms with Crippen LogP contribution < -0.4 is 11.1 Å². The quantitative estimate of drug-likeness (QED) is 0.791. The zero-order valence-corrected chi connectivity index (χ0v) is 9.16. The molecule has 0 saturated heterocycles. The van der Waals surface area contributed by atoms with Crippen molar-refractivity contribution < 1.29 is 4.79 Å². The molecule has 0 spiro atoms. The lowest BCUT2D eigenvalue weighted by molar-refractivity contribution is 0.224. The molecule has 4 heteroatoms. The topological polar surface area (TPSA) is 58.4 Å². The third-order valence-corrected chi connectivity index (χ3v) is 2.23. The molecule has 0 aliphatic rings. The average molecular weight is 207 g/mol. The molecular weight excluding hydrogens is 190 g/mol. The van der Waals surface area contributed by atoms with Crippen molar-refractivity contribution >= 4 is 11.7 Å². The number of carbonyl (C=O) groups excluding carboxylic acids is 1. The van der Waals surface area contributed by atoms with E-state index in [-0.39, 0.29) is 6.03 Å². The maximum Gasteiger partial charge on any atom is 0.321 e. The minimum atomic E-state index is -0.105. The second-order valence-corrected chi connectivity index (χ2v) is 3.35. The lowest BCUT2D eigenvalue weighted by Crippen LogP contribution is -2.30. The highest BCUT2D eigenvalue weighted by Gasteiger charge is 2.05. The molecule has 1 rings (SSSR count). The first-order valence-corrected chi connectivity index (χ1v) is 4.98. The van der Waals surface area contributed by atoms with Crippen LogP contribution in [0.25, 0.3) is 0 Å². The van der Waals surface area contributed by atoms with Crippen LogP contribution in [0.4, 0.5) is 10.5 Å². The second-order valence-electron chi connectivity index (χ2n) is 3.35. The van der Waals surface area contributed by atoms with Crippen molar-refractivity contribution in [3.05, 3.63) is 29.8 Å². The van der Waals surface area contributed by atoms with Crippen LogP contribution in [0.2, 0.25) is 0 Å². The van der Waals surface area contributed by atoms with E-state index in [2.05, 4.69) is 5.32 Å². The number of rotatable bonds is 3. The number of hydrogen-bond donors (Lipinski definition) is 2. The van der Waals surface area contributed by atoms with E-state index in [0.29, 0.717) is 13.1 Å². The molecule has 0 saturated carbocycles. The Morgan fingerprint density at radius 2 is 2.27 bits per heavy atom. The highest BCUT2D eigenvalue weighted by Crippen LogP contribution is 2.10. The van der Waals surface area contributed by atoms with Gasteiger partial charge < -0.3 is 16.0 Å². The first-order valence-electron chi connectivity index (χ1n) is 4.98. The van der Waals surface area contributed by atoms with Crippen LogP contribution in [0.3, 0.4) is 0 Å². The molecule has 0 aliphatic carbocycles. The number of anilines is 1. The van der Waals surface area contributed by atoms with Crippen LogP contribution in [-0.2, 0) is 6.54 Å². The van der Waals surface area contributed by atoms with Gasteiger partial charge in [-0.15, -0.1) is 0 Å². The highest BCUT2D eigenvalue weighted by atomic mass is 16.2. The summed E-state index contributed by atoms with van der Waals surface area (Å²) in [5, 5.41) is 2.80. The minimum Gasteiger partial charge on any atom is -0.328 e. The van der Waals surface area contributed by atoms with E-state index < -0.39 is 0 Å². The molecule has 2 amide bonds. The molecule has 15 heavy (non-hydrogen) atoms. The van der Waals surface area contributed by atoms with E-state index in [1.807, 2.05) is 31.2 Å². The van der Waals surface area contributed by atoms with E-state index in [4.69, 9.17) is 5.73 Å². The van der Waals surface area contributed by atoms with Crippen molar-refractivity contribution in [2.45, 2.75) is 13.5 Å². The summed E-state index contributed by atoms with van der Waals surface area (Å²) in [6.45, 7) is 3.09. The van der Waals surface area contributed by atoms with Gasteiger partial charge in [-0.2, -0.15) is 0 Å². The predicted octanol–water partition coefficient (Wildman–Crippen LogP) is 1.63. The van der Waals surface area contributed by atoms with Gasteiger partial charge >= 0.3 is 6.03 Å². The summed E-state index contributed by atoms with van der Waals surface area (Å²) in [6, 6.07) is 7.43. The number of amides is 2. The summed E-state index contributed by atoms with van der Waals surface area (Å²) in [7, 11) is 1.75. The van der Waals surface area contributed by atoms with Gasteiger partial charge in [-0.1, -0.05) is 12.1 Å². The summed E-state index contributed by atoms with van der Waals surface area (Å²) >= 11 is 0. The Hall–Kier alpha value is -1.55. The molecule has 0 heterocycles. The maximum atomic E-state index is 11.5. The third kappa shape index (κ3) is 3.25. The summed E-state index contributed by atoms with van der Waals surface area (Å²) in [6.07, 6.45) is 0. The summed E-state index contributed by atoms with van der Waals surface area (Å²) < 4.78 is 0. The highest BCUT2D eigenvalue weighted by molar-refractivity contribution is 5.89. The van der Waals surface area contributed by atoms with E-state index in [9.17, 15) is 4.79 Å². The first-order chi connectivity index (χ1) is 7.17. The van der Waals surface area contributed by atoms with E-state index >= 15 is 0 Å². The van der Waals surface area contributed by atoms with Crippen LogP contribution >= 0.6 is 0 Å². The molecule has 0 atom stereocenters. The van der Waals surface area contributed by atoms with Gasteiger partial charge in [0.05, 0.1) is 0 Å². The van der Waals surface area contributed by atoms with Crippen LogP contribution in [0.5, 0.6) is 0 Å². The molecule has 0 bridgehead atoms.